The molecule has 0 spiro atoms. The minimum Gasteiger partial charge on any atom is -0.428 e. The number of esters is 2. The zero-order valence-electron chi connectivity index (χ0n) is 8.28. The van der Waals surface area contributed by atoms with Crippen molar-refractivity contribution in [3.63, 3.8) is 0 Å². The topological polar surface area (TPSA) is 52.6 Å². The lowest BCUT2D eigenvalue weighted by Gasteiger charge is -2.03. The van der Waals surface area contributed by atoms with E-state index in [4.69, 9.17) is 4.74 Å². The smallest absolute Gasteiger partial charge is 0.359 e. The van der Waals surface area contributed by atoms with Gasteiger partial charge < -0.3 is 9.47 Å². The summed E-state index contributed by atoms with van der Waals surface area (Å²) in [6.07, 6.45) is 2.45. The third kappa shape index (κ3) is 4.50. The molecule has 1 aliphatic heterocycles. The van der Waals surface area contributed by atoms with Crippen LogP contribution in [0.5, 0.6) is 0 Å². The Hall–Kier alpha value is -0.710. The fourth-order valence-electron chi connectivity index (χ4n) is 1.25. The number of carbonyl (C=O) groups excluding carboxylic acids is 2. The summed E-state index contributed by atoms with van der Waals surface area (Å²) in [5.41, 5.74) is 0. The Morgan fingerprint density at radius 3 is 2.43 bits per heavy atom. The minimum atomic E-state index is -0.430. The van der Waals surface area contributed by atoms with Gasteiger partial charge in [-0.15, -0.1) is 0 Å². The predicted octanol–water partition coefficient (Wildman–Crippen LogP) is 0.462. The molecular weight excluding hydrogens is 204 g/mol. The number of ether oxygens (including phenoxy) is 2. The van der Waals surface area contributed by atoms with Crippen molar-refractivity contribution in [1.29, 1.82) is 0 Å². The highest BCUT2D eigenvalue weighted by Gasteiger charge is 2.27. The molecule has 0 saturated carbocycles. The zero-order valence-corrected chi connectivity index (χ0v) is 9.10. The first-order chi connectivity index (χ1) is 6.68. The van der Waals surface area contributed by atoms with Crippen molar-refractivity contribution in [3.05, 3.63) is 0 Å². The summed E-state index contributed by atoms with van der Waals surface area (Å²) in [4.78, 5) is 21.5. The van der Waals surface area contributed by atoms with Crippen LogP contribution in [0, 0.1) is 0 Å². The van der Waals surface area contributed by atoms with Gasteiger partial charge in [-0.2, -0.15) is 0 Å². The van der Waals surface area contributed by atoms with Gasteiger partial charge in [-0.25, -0.2) is 4.79 Å². The van der Waals surface area contributed by atoms with Crippen LogP contribution in [0.4, 0.5) is 0 Å². The Morgan fingerprint density at radius 1 is 1.21 bits per heavy atom. The second kappa shape index (κ2) is 5.90. The van der Waals surface area contributed by atoms with E-state index in [0.29, 0.717) is 5.75 Å². The van der Waals surface area contributed by atoms with Crippen LogP contribution >= 0.6 is 0 Å². The molecule has 0 aromatic heterocycles. The van der Waals surface area contributed by atoms with E-state index in [0.717, 1.165) is 11.5 Å². The zero-order chi connectivity index (χ0) is 10.4. The fourth-order valence-corrected chi connectivity index (χ4v) is 3.38. The Morgan fingerprint density at radius 2 is 1.86 bits per heavy atom. The highest BCUT2D eigenvalue weighted by molar-refractivity contribution is 7.97. The molecule has 5 heteroatoms. The van der Waals surface area contributed by atoms with Crippen LogP contribution in [-0.4, -0.2) is 36.0 Å². The summed E-state index contributed by atoms with van der Waals surface area (Å²) in [5, 5.41) is 0. The largest absolute Gasteiger partial charge is 0.428 e. The molecule has 80 valence electrons. The second-order valence-corrected chi connectivity index (χ2v) is 5.47. The SMILES string of the molecule is CC(=O)OCOC(=O)C[S+]1CCCC1. The van der Waals surface area contributed by atoms with Crippen molar-refractivity contribution in [2.24, 2.45) is 0 Å². The molecule has 0 atom stereocenters. The lowest BCUT2D eigenvalue weighted by molar-refractivity contribution is -0.163. The summed E-state index contributed by atoms with van der Waals surface area (Å²) >= 11 is 0. The average molecular weight is 219 g/mol. The van der Waals surface area contributed by atoms with E-state index in [9.17, 15) is 9.59 Å². The summed E-state index contributed by atoms with van der Waals surface area (Å²) in [6.45, 7) is 1.04. The van der Waals surface area contributed by atoms with Gasteiger partial charge in [-0.1, -0.05) is 0 Å². The molecule has 1 fully saturated rings. The van der Waals surface area contributed by atoms with Gasteiger partial charge >= 0.3 is 11.9 Å². The quantitative estimate of drug-likeness (QED) is 0.391. The van der Waals surface area contributed by atoms with Crippen molar-refractivity contribution >= 4 is 22.8 Å². The Kier molecular flexibility index (Phi) is 4.79. The van der Waals surface area contributed by atoms with E-state index in [1.54, 1.807) is 0 Å². The second-order valence-electron chi connectivity index (χ2n) is 3.14. The molecule has 0 aromatic rings. The van der Waals surface area contributed by atoms with E-state index in [2.05, 4.69) is 4.74 Å². The Labute approximate surface area is 86.3 Å². The van der Waals surface area contributed by atoms with E-state index in [-0.39, 0.29) is 23.7 Å². The number of carbonyl (C=O) groups is 2. The van der Waals surface area contributed by atoms with Crippen LogP contribution in [-0.2, 0) is 30.0 Å². The summed E-state index contributed by atoms with van der Waals surface area (Å²) < 4.78 is 9.24. The third-order valence-electron chi connectivity index (χ3n) is 1.92. The van der Waals surface area contributed by atoms with Crippen LogP contribution < -0.4 is 0 Å². The van der Waals surface area contributed by atoms with E-state index < -0.39 is 5.97 Å². The predicted molar refractivity (Wildman–Crippen MR) is 53.9 cm³/mol. The van der Waals surface area contributed by atoms with Gasteiger partial charge in [-0.05, 0) is 23.7 Å². The highest BCUT2D eigenvalue weighted by Crippen LogP contribution is 2.13. The molecule has 1 rings (SSSR count). The lowest BCUT2D eigenvalue weighted by Crippen LogP contribution is -2.21. The van der Waals surface area contributed by atoms with Crippen LogP contribution in [0.15, 0.2) is 0 Å². The maximum absolute atomic E-state index is 11.2. The molecular formula is C9H15O4S+. The highest BCUT2D eigenvalue weighted by atomic mass is 32.2. The monoisotopic (exact) mass is 219 g/mol. The first kappa shape index (κ1) is 11.4. The molecule has 0 amide bonds. The molecule has 1 aliphatic rings. The number of hydrogen-bond acceptors (Lipinski definition) is 4. The van der Waals surface area contributed by atoms with Crippen LogP contribution in [0.2, 0.25) is 0 Å². The summed E-state index contributed by atoms with van der Waals surface area (Å²) in [7, 11) is 0.213. The molecule has 0 unspecified atom stereocenters. The van der Waals surface area contributed by atoms with Gasteiger partial charge in [0, 0.05) is 6.92 Å². The van der Waals surface area contributed by atoms with Gasteiger partial charge in [-0.3, -0.25) is 4.79 Å². The third-order valence-corrected chi connectivity index (χ3v) is 4.30. The molecule has 14 heavy (non-hydrogen) atoms. The first-order valence-corrected chi connectivity index (χ1v) is 6.35. The molecule has 1 heterocycles. The molecule has 1 saturated heterocycles. The first-order valence-electron chi connectivity index (χ1n) is 4.61. The average Bonchev–Trinajstić information content (AvgIpc) is 2.56. The van der Waals surface area contributed by atoms with Crippen molar-refractivity contribution in [2.45, 2.75) is 19.8 Å². The van der Waals surface area contributed by atoms with E-state index in [1.165, 1.54) is 19.8 Å². The molecule has 0 N–H and O–H groups in total. The minimum absolute atomic E-state index is 0.213. The Bertz CT molecular complexity index is 211. The number of hydrogen-bond donors (Lipinski definition) is 0. The van der Waals surface area contributed by atoms with Gasteiger partial charge in [0.25, 0.3) is 0 Å². The van der Waals surface area contributed by atoms with Gasteiger partial charge in [0.05, 0.1) is 0 Å². The van der Waals surface area contributed by atoms with Crippen molar-refractivity contribution in [1.82, 2.24) is 0 Å². The molecule has 0 aliphatic carbocycles. The van der Waals surface area contributed by atoms with Crippen molar-refractivity contribution in [3.8, 4) is 0 Å². The molecule has 4 nitrogen and oxygen atoms in total. The Balaban J connectivity index is 2.06. The molecule has 0 bridgehead atoms. The summed E-state index contributed by atoms with van der Waals surface area (Å²) in [6, 6.07) is 0. The van der Waals surface area contributed by atoms with Crippen LogP contribution in [0.3, 0.4) is 0 Å². The van der Waals surface area contributed by atoms with Crippen LogP contribution in [0.1, 0.15) is 19.8 Å². The summed E-state index contributed by atoms with van der Waals surface area (Å²) in [5.74, 6) is 2.09. The van der Waals surface area contributed by atoms with Crippen LogP contribution in [0.25, 0.3) is 0 Å². The van der Waals surface area contributed by atoms with Gasteiger partial charge in [0.2, 0.25) is 12.5 Å². The fraction of sp³-hybridized carbons (Fsp3) is 0.778. The van der Waals surface area contributed by atoms with Crippen molar-refractivity contribution < 1.29 is 19.1 Å². The number of rotatable bonds is 4. The van der Waals surface area contributed by atoms with E-state index >= 15 is 0 Å². The standard InChI is InChI=1S/C9H15O4S/c1-8(10)12-7-13-9(11)6-14-4-2-3-5-14/h2-7H2,1H3/q+1. The van der Waals surface area contributed by atoms with Gasteiger partial charge in [0.15, 0.2) is 0 Å². The maximum atomic E-state index is 11.2. The van der Waals surface area contributed by atoms with Gasteiger partial charge in [0.1, 0.15) is 11.5 Å². The van der Waals surface area contributed by atoms with E-state index in [1.807, 2.05) is 0 Å². The normalized spacial score (nSPS) is 16.6. The van der Waals surface area contributed by atoms with Crippen molar-refractivity contribution in [2.75, 3.05) is 24.1 Å². The molecule has 0 aromatic carbocycles. The molecule has 0 radical (unpaired) electrons. The lowest BCUT2D eigenvalue weighted by atomic mass is 10.4. The maximum Gasteiger partial charge on any atom is 0.359 e.